The molecule has 4 rings (SSSR count). The Labute approximate surface area is 258 Å². The van der Waals surface area contributed by atoms with E-state index in [0.29, 0.717) is 12.8 Å². The molecule has 43 heavy (non-hydrogen) atoms. The first-order valence-corrected chi connectivity index (χ1v) is 13.9. The van der Waals surface area contributed by atoms with Gasteiger partial charge in [0.15, 0.2) is 0 Å². The predicted octanol–water partition coefficient (Wildman–Crippen LogP) is 0.344. The zero-order valence-corrected chi connectivity index (χ0v) is 24.6. The molecule has 233 valence electrons. The number of ether oxygens (including phenoxy) is 1. The van der Waals surface area contributed by atoms with Crippen LogP contribution in [0, 0.1) is 6.92 Å². The number of aliphatic hydroxyl groups is 2. The van der Waals surface area contributed by atoms with E-state index < -0.39 is 35.8 Å². The molecule has 1 fully saturated rings. The molecule has 0 spiro atoms. The third-order valence-corrected chi connectivity index (χ3v) is 6.99. The standard InChI is InChI=1S/C29H36N6O7.Cu/c1-18-7-10-30-20(15-18)21-16-19(8-11-31-21)3-2-4-24(38)32-12-13-33-25(39)6-5-22(36)28-23(37)17-27(42-28)35-14-9-26(40)34-29(35)41;/h7-11,14-16,22-23,27-28,36-37H,2-6,12-13,17H2,1H3,(H,32,38)(H,33,39)(H,34,40,41);/q;+2/t22?,23-,27+,28+;/m0./s1. The van der Waals surface area contributed by atoms with Crippen LogP contribution in [-0.4, -0.2) is 72.9 Å². The van der Waals surface area contributed by atoms with Crippen molar-refractivity contribution in [2.45, 2.75) is 70.0 Å². The maximum atomic E-state index is 12.2. The second-order valence-corrected chi connectivity index (χ2v) is 10.3. The van der Waals surface area contributed by atoms with Crippen molar-refractivity contribution in [3.8, 4) is 11.4 Å². The summed E-state index contributed by atoms with van der Waals surface area (Å²) in [6.07, 6.45) is 2.52. The average molecular weight is 644 g/mol. The van der Waals surface area contributed by atoms with E-state index in [0.717, 1.165) is 39.6 Å². The Bertz CT molecular complexity index is 1500. The van der Waals surface area contributed by atoms with Crippen molar-refractivity contribution < 1.29 is 41.6 Å². The largest absolute Gasteiger partial charge is 2.00 e. The van der Waals surface area contributed by atoms with Gasteiger partial charge in [-0.15, -0.1) is 0 Å². The summed E-state index contributed by atoms with van der Waals surface area (Å²) >= 11 is 0. The maximum Gasteiger partial charge on any atom is 2.00 e. The van der Waals surface area contributed by atoms with Crippen molar-refractivity contribution in [1.29, 1.82) is 0 Å². The summed E-state index contributed by atoms with van der Waals surface area (Å²) < 4.78 is 6.78. The molecule has 0 aliphatic carbocycles. The van der Waals surface area contributed by atoms with Gasteiger partial charge in [0.2, 0.25) is 11.8 Å². The molecule has 1 aliphatic heterocycles. The number of hydrogen-bond acceptors (Lipinski definition) is 9. The van der Waals surface area contributed by atoms with E-state index in [-0.39, 0.29) is 61.2 Å². The van der Waals surface area contributed by atoms with Crippen molar-refractivity contribution >= 4 is 11.8 Å². The minimum atomic E-state index is -1.14. The molecule has 13 nitrogen and oxygen atoms in total. The second kappa shape index (κ2) is 16.2. The molecule has 1 unspecified atom stereocenters. The Morgan fingerprint density at radius 3 is 2.44 bits per heavy atom. The normalized spacial score (nSPS) is 18.4. The van der Waals surface area contributed by atoms with E-state index in [9.17, 15) is 29.4 Å². The molecule has 0 aromatic carbocycles. The molecule has 4 heterocycles. The van der Waals surface area contributed by atoms with Gasteiger partial charge in [-0.2, -0.15) is 0 Å². The van der Waals surface area contributed by atoms with Crippen LogP contribution in [0.1, 0.15) is 49.5 Å². The van der Waals surface area contributed by atoms with E-state index in [1.54, 1.807) is 12.4 Å². The monoisotopic (exact) mass is 643 g/mol. The van der Waals surface area contributed by atoms with Crippen molar-refractivity contribution in [1.82, 2.24) is 30.2 Å². The number of amides is 2. The van der Waals surface area contributed by atoms with Gasteiger partial charge >= 0.3 is 22.8 Å². The van der Waals surface area contributed by atoms with Crippen LogP contribution in [0.4, 0.5) is 0 Å². The number of aliphatic hydroxyl groups excluding tert-OH is 2. The number of hydrogen-bond donors (Lipinski definition) is 5. The van der Waals surface area contributed by atoms with Crippen LogP contribution in [0.15, 0.2) is 58.5 Å². The van der Waals surface area contributed by atoms with E-state index in [2.05, 4.69) is 25.6 Å². The Balaban J connectivity index is 0.00000506. The van der Waals surface area contributed by atoms with Gasteiger partial charge in [-0.25, -0.2) is 4.79 Å². The molecular weight excluding hydrogens is 608 g/mol. The van der Waals surface area contributed by atoms with Crippen LogP contribution in [0.3, 0.4) is 0 Å². The second-order valence-electron chi connectivity index (χ2n) is 10.3. The maximum absolute atomic E-state index is 12.2. The Morgan fingerprint density at radius 1 is 1.07 bits per heavy atom. The molecule has 0 saturated carbocycles. The fourth-order valence-corrected chi connectivity index (χ4v) is 4.77. The van der Waals surface area contributed by atoms with Gasteiger partial charge in [0.25, 0.3) is 5.56 Å². The molecule has 5 N–H and O–H groups in total. The number of nitrogens with one attached hydrogen (secondary N) is 3. The summed E-state index contributed by atoms with van der Waals surface area (Å²) in [5.41, 5.74) is 2.55. The van der Waals surface area contributed by atoms with E-state index >= 15 is 0 Å². The number of aromatic amines is 1. The van der Waals surface area contributed by atoms with Crippen LogP contribution in [0.25, 0.3) is 11.4 Å². The first-order valence-electron chi connectivity index (χ1n) is 13.9. The SMILES string of the molecule is Cc1ccnc(-c2cc(CCCC(=O)NCCNC(=O)CCC(O)[C@H]3O[C@@H](n4ccc(=O)[nH]c4=O)C[C@@H]3O)ccn2)c1.[Cu+2]. The van der Waals surface area contributed by atoms with Crippen LogP contribution in [0.2, 0.25) is 0 Å². The predicted molar refractivity (Wildman–Crippen MR) is 152 cm³/mol. The minimum Gasteiger partial charge on any atom is -0.390 e. The summed E-state index contributed by atoms with van der Waals surface area (Å²) in [5.74, 6) is -0.432. The third-order valence-electron chi connectivity index (χ3n) is 6.99. The molecule has 1 radical (unpaired) electrons. The number of nitrogens with zero attached hydrogens (tertiary/aromatic N) is 3. The number of carbonyl (C=O) groups is 2. The van der Waals surface area contributed by atoms with E-state index in [1.807, 2.05) is 31.2 Å². The van der Waals surface area contributed by atoms with Crippen LogP contribution >= 0.6 is 0 Å². The van der Waals surface area contributed by atoms with Crippen LogP contribution in [-0.2, 0) is 37.8 Å². The van der Waals surface area contributed by atoms with Crippen LogP contribution in [0.5, 0.6) is 0 Å². The minimum absolute atomic E-state index is 0. The summed E-state index contributed by atoms with van der Waals surface area (Å²) in [4.78, 5) is 58.5. The molecular formula is C29H36CuN6O7+2. The number of pyridine rings is 2. The van der Waals surface area contributed by atoms with E-state index in [1.165, 1.54) is 6.20 Å². The van der Waals surface area contributed by atoms with Crippen molar-refractivity contribution in [2.24, 2.45) is 0 Å². The van der Waals surface area contributed by atoms with Crippen molar-refractivity contribution in [2.75, 3.05) is 13.1 Å². The topological polar surface area (TPSA) is 189 Å². The molecule has 4 atom stereocenters. The zero-order chi connectivity index (χ0) is 30.1. The van der Waals surface area contributed by atoms with Crippen molar-refractivity contribution in [3.63, 3.8) is 0 Å². The molecule has 2 amide bonds. The first kappa shape index (κ1) is 33.8. The average Bonchev–Trinajstić information content (AvgIpc) is 3.35. The molecule has 14 heteroatoms. The van der Waals surface area contributed by atoms with Gasteiger partial charge in [0, 0.05) is 57.0 Å². The van der Waals surface area contributed by atoms with Gasteiger partial charge < -0.3 is 25.6 Å². The smallest absolute Gasteiger partial charge is 0.390 e. The molecule has 3 aromatic rings. The fraction of sp³-hybridized carbons (Fsp3) is 0.448. The molecule has 3 aromatic heterocycles. The van der Waals surface area contributed by atoms with Gasteiger partial charge in [0.1, 0.15) is 12.3 Å². The number of rotatable bonds is 13. The van der Waals surface area contributed by atoms with Gasteiger partial charge in [-0.3, -0.25) is 33.9 Å². The Morgan fingerprint density at radius 2 is 1.74 bits per heavy atom. The van der Waals surface area contributed by atoms with Gasteiger partial charge in [-0.05, 0) is 61.6 Å². The molecule has 1 saturated heterocycles. The third kappa shape index (κ3) is 9.94. The fourth-order valence-electron chi connectivity index (χ4n) is 4.77. The van der Waals surface area contributed by atoms with E-state index in [4.69, 9.17) is 4.74 Å². The first-order chi connectivity index (χ1) is 20.2. The number of aryl methyl sites for hydroxylation is 2. The zero-order valence-electron chi connectivity index (χ0n) is 23.7. The molecule has 0 bridgehead atoms. The summed E-state index contributed by atoms with van der Waals surface area (Å²) in [7, 11) is 0. The quantitative estimate of drug-likeness (QED) is 0.129. The summed E-state index contributed by atoms with van der Waals surface area (Å²) in [6.45, 7) is 2.51. The number of H-pyrrole nitrogens is 1. The van der Waals surface area contributed by atoms with Gasteiger partial charge in [0.05, 0.1) is 23.6 Å². The summed E-state index contributed by atoms with van der Waals surface area (Å²) in [6, 6.07) is 8.98. The Kier molecular flexibility index (Phi) is 12.8. The van der Waals surface area contributed by atoms with Crippen molar-refractivity contribution in [3.05, 3.63) is 80.9 Å². The number of aromatic nitrogens is 4. The molecule has 1 aliphatic rings. The Hall–Kier alpha value is -3.68. The van der Waals surface area contributed by atoms with Gasteiger partial charge in [-0.1, -0.05) is 0 Å². The summed E-state index contributed by atoms with van der Waals surface area (Å²) in [5, 5.41) is 26.2. The van der Waals surface area contributed by atoms with Crippen LogP contribution < -0.4 is 21.9 Å². The number of carbonyl (C=O) groups excluding carboxylic acids is 2.